The number of thiazole rings is 1. The summed E-state index contributed by atoms with van der Waals surface area (Å²) in [7, 11) is -3.28. The van der Waals surface area contributed by atoms with Gasteiger partial charge in [-0.1, -0.05) is 42.5 Å². The molecule has 2 aromatic carbocycles. The predicted molar refractivity (Wildman–Crippen MR) is 116 cm³/mol. The molecule has 0 amide bonds. The summed E-state index contributed by atoms with van der Waals surface area (Å²) in [5, 5.41) is 2.99. The molecule has 0 spiro atoms. The maximum Gasteiger partial charge on any atom is 0.229 e. The van der Waals surface area contributed by atoms with Crippen molar-refractivity contribution in [1.29, 1.82) is 0 Å². The lowest BCUT2D eigenvalue weighted by Gasteiger charge is -2.32. The molecular weight excluding hydrogens is 406 g/mol. The quantitative estimate of drug-likeness (QED) is 0.646. The van der Waals surface area contributed by atoms with Gasteiger partial charge in [-0.05, 0) is 17.7 Å². The van der Waals surface area contributed by atoms with Crippen LogP contribution in [0.15, 0.2) is 60.0 Å². The fraction of sp³-hybridized carbons (Fsp3) is 0.286. The minimum atomic E-state index is -3.28. The van der Waals surface area contributed by atoms with E-state index in [0.717, 1.165) is 42.2 Å². The van der Waals surface area contributed by atoms with Gasteiger partial charge in [0.2, 0.25) is 10.0 Å². The second kappa shape index (κ2) is 8.62. The standard InChI is InChI=1S/C21H23N3O3S2/c1-29(25,26)23-18-9-7-17(8-10-18)19-15-28-21(22-19)20-14-24(11-12-27-20)13-16-5-3-2-4-6-16/h2-10,15,20,23H,11-14H2,1H3. The maximum absolute atomic E-state index is 11.3. The molecule has 1 aromatic heterocycles. The highest BCUT2D eigenvalue weighted by molar-refractivity contribution is 7.92. The molecule has 0 radical (unpaired) electrons. The first-order valence-electron chi connectivity index (χ1n) is 9.38. The second-order valence-electron chi connectivity index (χ2n) is 7.10. The number of hydrogen-bond donors (Lipinski definition) is 1. The summed E-state index contributed by atoms with van der Waals surface area (Å²) >= 11 is 1.60. The topological polar surface area (TPSA) is 71.5 Å². The van der Waals surface area contributed by atoms with Crippen LogP contribution >= 0.6 is 11.3 Å². The number of nitrogens with zero attached hydrogens (tertiary/aromatic N) is 2. The Labute approximate surface area is 175 Å². The monoisotopic (exact) mass is 429 g/mol. The molecule has 1 unspecified atom stereocenters. The Morgan fingerprint density at radius 3 is 2.66 bits per heavy atom. The largest absolute Gasteiger partial charge is 0.368 e. The van der Waals surface area contributed by atoms with Crippen LogP contribution in [0, 0.1) is 0 Å². The highest BCUT2D eigenvalue weighted by Gasteiger charge is 2.24. The van der Waals surface area contributed by atoms with E-state index in [1.54, 1.807) is 23.5 Å². The summed E-state index contributed by atoms with van der Waals surface area (Å²) in [4.78, 5) is 7.18. The molecule has 1 atom stereocenters. The minimum absolute atomic E-state index is 0.0302. The van der Waals surface area contributed by atoms with Crippen LogP contribution in [0.3, 0.4) is 0 Å². The lowest BCUT2D eigenvalue weighted by atomic mass is 10.1. The molecule has 4 rings (SSSR count). The van der Waals surface area contributed by atoms with Crippen molar-refractivity contribution in [3.8, 4) is 11.3 Å². The summed E-state index contributed by atoms with van der Waals surface area (Å²) in [6, 6.07) is 17.7. The molecule has 1 fully saturated rings. The Hall–Kier alpha value is -2.26. The van der Waals surface area contributed by atoms with Crippen LogP contribution in [-0.2, 0) is 21.3 Å². The molecule has 29 heavy (non-hydrogen) atoms. The van der Waals surface area contributed by atoms with E-state index in [0.29, 0.717) is 12.3 Å². The zero-order valence-corrected chi connectivity index (χ0v) is 17.7. The van der Waals surface area contributed by atoms with Gasteiger partial charge in [0, 0.05) is 36.3 Å². The third-order valence-electron chi connectivity index (χ3n) is 4.68. The molecule has 1 N–H and O–H groups in total. The van der Waals surface area contributed by atoms with E-state index in [1.807, 2.05) is 23.6 Å². The van der Waals surface area contributed by atoms with Crippen molar-refractivity contribution in [2.45, 2.75) is 12.6 Å². The van der Waals surface area contributed by atoms with Crippen LogP contribution in [0.2, 0.25) is 0 Å². The van der Waals surface area contributed by atoms with Crippen LogP contribution < -0.4 is 4.72 Å². The molecule has 2 heterocycles. The maximum atomic E-state index is 11.3. The Bertz CT molecular complexity index is 1050. The van der Waals surface area contributed by atoms with E-state index in [4.69, 9.17) is 9.72 Å². The van der Waals surface area contributed by atoms with E-state index < -0.39 is 10.0 Å². The number of hydrogen-bond acceptors (Lipinski definition) is 6. The third-order valence-corrected chi connectivity index (χ3v) is 6.22. The summed E-state index contributed by atoms with van der Waals surface area (Å²) in [6.07, 6.45) is 1.11. The van der Waals surface area contributed by atoms with Gasteiger partial charge in [-0.3, -0.25) is 9.62 Å². The second-order valence-corrected chi connectivity index (χ2v) is 9.74. The summed E-state index contributed by atoms with van der Waals surface area (Å²) in [5.41, 5.74) is 3.66. The number of morpholine rings is 1. The number of ether oxygens (including phenoxy) is 1. The van der Waals surface area contributed by atoms with Crippen LogP contribution in [-0.4, -0.2) is 44.3 Å². The SMILES string of the molecule is CS(=O)(=O)Nc1ccc(-c2csc(C3CN(Cc4ccccc4)CCO3)n2)cc1. The van der Waals surface area contributed by atoms with Gasteiger partial charge in [-0.2, -0.15) is 0 Å². The lowest BCUT2D eigenvalue weighted by molar-refractivity contribution is -0.0329. The van der Waals surface area contributed by atoms with Gasteiger partial charge in [0.1, 0.15) is 11.1 Å². The first kappa shape index (κ1) is 20.0. The summed E-state index contributed by atoms with van der Waals surface area (Å²) in [6.45, 7) is 3.34. The lowest BCUT2D eigenvalue weighted by Crippen LogP contribution is -2.37. The Morgan fingerprint density at radius 2 is 1.93 bits per heavy atom. The highest BCUT2D eigenvalue weighted by Crippen LogP contribution is 2.30. The van der Waals surface area contributed by atoms with Crippen LogP contribution in [0.1, 0.15) is 16.7 Å². The van der Waals surface area contributed by atoms with E-state index in [1.165, 1.54) is 5.56 Å². The van der Waals surface area contributed by atoms with Crippen molar-refractivity contribution in [2.75, 3.05) is 30.7 Å². The molecule has 1 aliphatic heterocycles. The van der Waals surface area contributed by atoms with Gasteiger partial charge >= 0.3 is 0 Å². The van der Waals surface area contributed by atoms with Crippen molar-refractivity contribution in [3.63, 3.8) is 0 Å². The molecule has 0 aliphatic carbocycles. The van der Waals surface area contributed by atoms with Crippen LogP contribution in [0.25, 0.3) is 11.3 Å². The number of benzene rings is 2. The van der Waals surface area contributed by atoms with Crippen molar-refractivity contribution >= 4 is 27.0 Å². The molecule has 3 aromatic rings. The first-order chi connectivity index (χ1) is 14.0. The molecule has 8 heteroatoms. The molecule has 1 aliphatic rings. The van der Waals surface area contributed by atoms with Gasteiger partial charge in [-0.25, -0.2) is 13.4 Å². The fourth-order valence-electron chi connectivity index (χ4n) is 3.33. The Kier molecular flexibility index (Phi) is 5.96. The van der Waals surface area contributed by atoms with E-state index in [-0.39, 0.29) is 6.10 Å². The minimum Gasteiger partial charge on any atom is -0.368 e. The predicted octanol–water partition coefficient (Wildman–Crippen LogP) is 3.76. The van der Waals surface area contributed by atoms with Crippen molar-refractivity contribution in [2.24, 2.45) is 0 Å². The van der Waals surface area contributed by atoms with Gasteiger partial charge in [-0.15, -0.1) is 11.3 Å². The van der Waals surface area contributed by atoms with E-state index in [2.05, 4.69) is 33.9 Å². The van der Waals surface area contributed by atoms with Crippen LogP contribution in [0.4, 0.5) is 5.69 Å². The van der Waals surface area contributed by atoms with E-state index >= 15 is 0 Å². The van der Waals surface area contributed by atoms with Gasteiger partial charge < -0.3 is 4.74 Å². The third kappa shape index (κ3) is 5.42. The fourth-order valence-corrected chi connectivity index (χ4v) is 4.76. The zero-order chi connectivity index (χ0) is 20.3. The number of rotatable bonds is 6. The van der Waals surface area contributed by atoms with Gasteiger partial charge in [0.25, 0.3) is 0 Å². The average Bonchev–Trinajstić information content (AvgIpc) is 3.19. The van der Waals surface area contributed by atoms with Gasteiger partial charge in [0.05, 0.1) is 18.6 Å². The van der Waals surface area contributed by atoms with Crippen molar-refractivity contribution < 1.29 is 13.2 Å². The number of anilines is 1. The highest BCUT2D eigenvalue weighted by atomic mass is 32.2. The molecule has 0 saturated carbocycles. The Morgan fingerprint density at radius 1 is 1.17 bits per heavy atom. The molecular formula is C21H23N3O3S2. The molecule has 0 bridgehead atoms. The van der Waals surface area contributed by atoms with Gasteiger partial charge in [0.15, 0.2) is 0 Å². The summed E-state index contributed by atoms with van der Waals surface area (Å²) < 4.78 is 31.1. The van der Waals surface area contributed by atoms with Crippen molar-refractivity contribution in [1.82, 2.24) is 9.88 Å². The molecule has 1 saturated heterocycles. The average molecular weight is 430 g/mol. The number of sulfonamides is 1. The number of nitrogens with one attached hydrogen (secondary N) is 1. The molecule has 6 nitrogen and oxygen atoms in total. The smallest absolute Gasteiger partial charge is 0.229 e. The van der Waals surface area contributed by atoms with E-state index in [9.17, 15) is 8.42 Å². The Balaban J connectivity index is 1.43. The van der Waals surface area contributed by atoms with Crippen molar-refractivity contribution in [3.05, 3.63) is 70.5 Å². The summed E-state index contributed by atoms with van der Waals surface area (Å²) in [5.74, 6) is 0. The number of aromatic nitrogens is 1. The first-order valence-corrected chi connectivity index (χ1v) is 12.1. The normalized spacial score (nSPS) is 17.9. The molecule has 152 valence electrons. The zero-order valence-electron chi connectivity index (χ0n) is 16.1. The van der Waals surface area contributed by atoms with Crippen LogP contribution in [0.5, 0.6) is 0 Å².